The zero-order chi connectivity index (χ0) is 18.2. The fourth-order valence-corrected chi connectivity index (χ4v) is 2.22. The maximum Gasteiger partial charge on any atom is 0.203 e. The van der Waals surface area contributed by atoms with Crippen LogP contribution >= 0.6 is 0 Å². The third-order valence-corrected chi connectivity index (χ3v) is 3.44. The highest BCUT2D eigenvalue weighted by Gasteiger charge is 2.15. The summed E-state index contributed by atoms with van der Waals surface area (Å²) in [6, 6.07) is 11.8. The van der Waals surface area contributed by atoms with Gasteiger partial charge in [-0.1, -0.05) is 0 Å². The van der Waals surface area contributed by atoms with E-state index in [1.807, 2.05) is 13.0 Å². The van der Waals surface area contributed by atoms with E-state index in [0.717, 1.165) is 0 Å². The lowest BCUT2D eigenvalue weighted by atomic mass is 10.1. The lowest BCUT2D eigenvalue weighted by molar-refractivity contribution is 0.0916. The highest BCUT2D eigenvalue weighted by Crippen LogP contribution is 2.29. The average molecular weight is 341 g/mol. The maximum atomic E-state index is 12.5. The molecule has 0 aromatic heterocycles. The summed E-state index contributed by atoms with van der Waals surface area (Å²) in [7, 11) is 3.03. The van der Waals surface area contributed by atoms with E-state index in [-0.39, 0.29) is 12.4 Å². The molecule has 0 saturated carbocycles. The van der Waals surface area contributed by atoms with Gasteiger partial charge in [-0.15, -0.1) is 0 Å². The Morgan fingerprint density at radius 1 is 1.00 bits per heavy atom. The maximum absolute atomic E-state index is 12.5. The number of benzene rings is 2. The van der Waals surface area contributed by atoms with Crippen molar-refractivity contribution in [1.82, 2.24) is 0 Å². The highest BCUT2D eigenvalue weighted by molar-refractivity contribution is 6.00. The van der Waals surface area contributed by atoms with Crippen LogP contribution < -0.4 is 18.9 Å². The third-order valence-electron chi connectivity index (χ3n) is 3.44. The Balaban J connectivity index is 2.16. The molecular formula is C19H19NO5. The van der Waals surface area contributed by atoms with Gasteiger partial charge in [-0.2, -0.15) is 5.26 Å². The molecule has 0 atom stereocenters. The van der Waals surface area contributed by atoms with Gasteiger partial charge in [-0.25, -0.2) is 0 Å². The molecule has 6 nitrogen and oxygen atoms in total. The molecule has 0 aliphatic heterocycles. The van der Waals surface area contributed by atoms with Crippen LogP contribution in [0.5, 0.6) is 23.0 Å². The van der Waals surface area contributed by atoms with Crippen molar-refractivity contribution < 1.29 is 23.7 Å². The smallest absolute Gasteiger partial charge is 0.203 e. The normalized spacial score (nSPS) is 9.84. The van der Waals surface area contributed by atoms with Crippen molar-refractivity contribution in [2.75, 3.05) is 27.4 Å². The van der Waals surface area contributed by atoms with Crippen LogP contribution in [-0.2, 0) is 0 Å². The van der Waals surface area contributed by atoms with E-state index in [4.69, 9.17) is 24.2 Å². The van der Waals surface area contributed by atoms with Gasteiger partial charge in [0, 0.05) is 12.1 Å². The van der Waals surface area contributed by atoms with Crippen LogP contribution in [0.25, 0.3) is 0 Å². The number of Topliss-reactive ketones (excluding diaryl/α,β-unsaturated/α-hetero) is 1. The van der Waals surface area contributed by atoms with Gasteiger partial charge in [0.25, 0.3) is 0 Å². The van der Waals surface area contributed by atoms with E-state index >= 15 is 0 Å². The minimum Gasteiger partial charge on any atom is -0.497 e. The third kappa shape index (κ3) is 4.42. The number of carbonyl (C=O) groups excluding carboxylic acids is 1. The number of ketones is 1. The predicted octanol–water partition coefficient (Wildman–Crippen LogP) is 3.24. The Hall–Kier alpha value is -3.20. The summed E-state index contributed by atoms with van der Waals surface area (Å²) in [4.78, 5) is 12.5. The van der Waals surface area contributed by atoms with Crippen molar-refractivity contribution in [1.29, 1.82) is 5.26 Å². The molecule has 0 saturated heterocycles. The molecule has 0 fully saturated rings. The monoisotopic (exact) mass is 341 g/mol. The molecule has 0 bridgehead atoms. The van der Waals surface area contributed by atoms with Crippen LogP contribution in [-0.4, -0.2) is 33.2 Å². The Morgan fingerprint density at radius 2 is 1.80 bits per heavy atom. The quantitative estimate of drug-likeness (QED) is 0.686. The SMILES string of the molecule is CCOc1cc(C#N)ccc1OCC(=O)c1ccc(OC)cc1OC. The van der Waals surface area contributed by atoms with Crippen LogP contribution in [0.1, 0.15) is 22.8 Å². The van der Waals surface area contributed by atoms with Crippen molar-refractivity contribution in [2.45, 2.75) is 6.92 Å². The fourth-order valence-electron chi connectivity index (χ4n) is 2.22. The molecule has 0 unspecified atom stereocenters. The molecule has 2 rings (SSSR count). The van der Waals surface area contributed by atoms with E-state index in [1.54, 1.807) is 43.5 Å². The van der Waals surface area contributed by atoms with Crippen LogP contribution in [0.4, 0.5) is 0 Å². The second-order valence-electron chi connectivity index (χ2n) is 4.98. The largest absolute Gasteiger partial charge is 0.497 e. The Labute approximate surface area is 146 Å². The van der Waals surface area contributed by atoms with Crippen LogP contribution in [0, 0.1) is 11.3 Å². The zero-order valence-corrected chi connectivity index (χ0v) is 14.4. The van der Waals surface area contributed by atoms with Gasteiger partial charge in [0.1, 0.15) is 11.5 Å². The Kier molecular flexibility index (Phi) is 6.24. The predicted molar refractivity (Wildman–Crippen MR) is 91.7 cm³/mol. The number of hydrogen-bond donors (Lipinski definition) is 0. The van der Waals surface area contributed by atoms with E-state index in [1.165, 1.54) is 7.11 Å². The molecule has 2 aromatic rings. The van der Waals surface area contributed by atoms with E-state index in [2.05, 4.69) is 0 Å². The lowest BCUT2D eigenvalue weighted by Crippen LogP contribution is -2.13. The summed E-state index contributed by atoms with van der Waals surface area (Å²) in [6.07, 6.45) is 0. The van der Waals surface area contributed by atoms with E-state index in [9.17, 15) is 4.79 Å². The fraction of sp³-hybridized carbons (Fsp3) is 0.263. The lowest BCUT2D eigenvalue weighted by Gasteiger charge is -2.13. The molecule has 0 radical (unpaired) electrons. The summed E-state index contributed by atoms with van der Waals surface area (Å²) >= 11 is 0. The number of methoxy groups -OCH3 is 2. The van der Waals surface area contributed by atoms with Crippen LogP contribution in [0.3, 0.4) is 0 Å². The van der Waals surface area contributed by atoms with Crippen LogP contribution in [0.15, 0.2) is 36.4 Å². The average Bonchev–Trinajstić information content (AvgIpc) is 2.66. The molecule has 0 heterocycles. The molecule has 0 N–H and O–H groups in total. The second-order valence-corrected chi connectivity index (χ2v) is 4.98. The van der Waals surface area contributed by atoms with Crippen molar-refractivity contribution in [3.8, 4) is 29.1 Å². The molecular weight excluding hydrogens is 322 g/mol. The van der Waals surface area contributed by atoms with E-state index < -0.39 is 0 Å². The molecule has 25 heavy (non-hydrogen) atoms. The van der Waals surface area contributed by atoms with Crippen molar-refractivity contribution in [3.05, 3.63) is 47.5 Å². The number of rotatable bonds is 8. The summed E-state index contributed by atoms with van der Waals surface area (Å²) in [5.74, 6) is 1.60. The summed E-state index contributed by atoms with van der Waals surface area (Å²) < 4.78 is 21.4. The van der Waals surface area contributed by atoms with Gasteiger partial charge in [0.15, 0.2) is 18.1 Å². The van der Waals surface area contributed by atoms with Crippen molar-refractivity contribution >= 4 is 5.78 Å². The molecule has 0 aliphatic rings. The first kappa shape index (κ1) is 18.1. The van der Waals surface area contributed by atoms with Gasteiger partial charge in [-0.05, 0) is 31.2 Å². The topological polar surface area (TPSA) is 77.8 Å². The van der Waals surface area contributed by atoms with Crippen molar-refractivity contribution in [3.63, 3.8) is 0 Å². The van der Waals surface area contributed by atoms with Gasteiger partial charge in [0.2, 0.25) is 5.78 Å². The minimum atomic E-state index is -0.244. The molecule has 6 heteroatoms. The van der Waals surface area contributed by atoms with Gasteiger partial charge in [0.05, 0.1) is 38.0 Å². The minimum absolute atomic E-state index is 0.186. The first-order valence-electron chi connectivity index (χ1n) is 7.67. The van der Waals surface area contributed by atoms with Gasteiger partial charge in [-0.3, -0.25) is 4.79 Å². The number of ether oxygens (including phenoxy) is 4. The summed E-state index contributed by atoms with van der Waals surface area (Å²) in [6.45, 7) is 2.07. The number of hydrogen-bond acceptors (Lipinski definition) is 6. The summed E-state index contributed by atoms with van der Waals surface area (Å²) in [5, 5.41) is 8.96. The van der Waals surface area contributed by atoms with Crippen molar-refractivity contribution in [2.24, 2.45) is 0 Å². The molecule has 0 amide bonds. The van der Waals surface area contributed by atoms with E-state index in [0.29, 0.717) is 40.7 Å². The number of nitrogens with zero attached hydrogens (tertiary/aromatic N) is 1. The number of nitriles is 1. The molecule has 0 spiro atoms. The van der Waals surface area contributed by atoms with Crippen LogP contribution in [0.2, 0.25) is 0 Å². The number of carbonyl (C=O) groups is 1. The molecule has 130 valence electrons. The second kappa shape index (κ2) is 8.60. The first-order chi connectivity index (χ1) is 12.1. The molecule has 0 aliphatic carbocycles. The Bertz CT molecular complexity index is 795. The Morgan fingerprint density at radius 3 is 2.44 bits per heavy atom. The van der Waals surface area contributed by atoms with Gasteiger partial charge < -0.3 is 18.9 Å². The standard InChI is InChI=1S/C19H19NO5/c1-4-24-19-9-13(11-20)5-8-17(19)25-12-16(21)15-7-6-14(22-2)10-18(15)23-3/h5-10H,4,12H2,1-3H3. The van der Waals surface area contributed by atoms with Gasteiger partial charge >= 0.3 is 0 Å². The molecule has 2 aromatic carbocycles. The first-order valence-corrected chi connectivity index (χ1v) is 7.67. The summed E-state index contributed by atoms with van der Waals surface area (Å²) in [5.41, 5.74) is 0.855. The zero-order valence-electron chi connectivity index (χ0n) is 14.4. The highest BCUT2D eigenvalue weighted by atomic mass is 16.5.